The quantitative estimate of drug-likeness (QED) is 0.309. The highest BCUT2D eigenvalue weighted by atomic mass is 35.5. The number of hydrogen-bond donors (Lipinski definition) is 0. The van der Waals surface area contributed by atoms with E-state index in [1.54, 1.807) is 13.3 Å². The van der Waals surface area contributed by atoms with Gasteiger partial charge in [-0.1, -0.05) is 59.8 Å². The average molecular weight is 408 g/mol. The predicted octanol–water partition coefficient (Wildman–Crippen LogP) is 5.81. The van der Waals surface area contributed by atoms with Crippen LogP contribution in [0.5, 0.6) is 0 Å². The number of Topliss-reactive ketones (excluding diaryl/α,β-unsaturated/α-hetero) is 1. The lowest BCUT2D eigenvalue weighted by Crippen LogP contribution is -2.08. The summed E-state index contributed by atoms with van der Waals surface area (Å²) in [6.07, 6.45) is 3.61. The van der Waals surface area contributed by atoms with Gasteiger partial charge in [0.25, 0.3) is 0 Å². The maximum atomic E-state index is 11.8. The number of nitrogens with zero attached hydrogens (tertiary/aromatic N) is 3. The van der Waals surface area contributed by atoms with Crippen molar-refractivity contribution in [2.24, 2.45) is 0 Å². The lowest BCUT2D eigenvalue weighted by Gasteiger charge is -2.09. The molecule has 2 aromatic heterocycles. The topological polar surface area (TPSA) is 47.8 Å². The second-order valence-electron chi connectivity index (χ2n) is 6.51. The van der Waals surface area contributed by atoms with Gasteiger partial charge in [-0.3, -0.25) is 4.79 Å². The Morgan fingerprint density at radius 1 is 1.11 bits per heavy atom. The summed E-state index contributed by atoms with van der Waals surface area (Å²) in [5.41, 5.74) is 3.80. The molecule has 0 aliphatic heterocycles. The van der Waals surface area contributed by atoms with E-state index in [0.29, 0.717) is 5.02 Å². The summed E-state index contributed by atoms with van der Waals surface area (Å²) in [7, 11) is 0. The van der Waals surface area contributed by atoms with E-state index in [4.69, 9.17) is 11.6 Å². The molecule has 0 saturated heterocycles. The van der Waals surface area contributed by atoms with Crippen LogP contribution in [0, 0.1) is 0 Å². The van der Waals surface area contributed by atoms with Gasteiger partial charge in [0, 0.05) is 22.5 Å². The third-order valence-electron chi connectivity index (χ3n) is 4.58. The first kappa shape index (κ1) is 18.7. The van der Waals surface area contributed by atoms with Gasteiger partial charge in [0.15, 0.2) is 0 Å². The standard InChI is InChI=1S/C22H18ClN3OS/c1-14(27)15(2)28-22-20-19(16-7-4-3-5-8-16)12-26(21(20)24-13-25-22)18-10-6-9-17(23)11-18/h3-13,15H,1-2H3. The Morgan fingerprint density at radius 2 is 1.89 bits per heavy atom. The van der Waals surface area contributed by atoms with Crippen LogP contribution in [0.4, 0.5) is 0 Å². The molecule has 2 heterocycles. The van der Waals surface area contributed by atoms with Crippen LogP contribution >= 0.6 is 23.4 Å². The number of hydrogen-bond acceptors (Lipinski definition) is 4. The summed E-state index contributed by atoms with van der Waals surface area (Å²) in [5.74, 6) is 0.118. The largest absolute Gasteiger partial charge is 0.301 e. The zero-order chi connectivity index (χ0) is 19.7. The molecule has 0 aliphatic rings. The van der Waals surface area contributed by atoms with Crippen LogP contribution in [0.2, 0.25) is 5.02 Å². The fraction of sp³-hybridized carbons (Fsp3) is 0.136. The molecule has 0 aliphatic carbocycles. The molecule has 2 aromatic carbocycles. The van der Waals surface area contributed by atoms with Crippen molar-refractivity contribution in [3.05, 3.63) is 72.1 Å². The van der Waals surface area contributed by atoms with Crippen LogP contribution in [0.25, 0.3) is 27.8 Å². The molecule has 0 saturated carbocycles. The minimum Gasteiger partial charge on any atom is -0.301 e. The first-order valence-corrected chi connectivity index (χ1v) is 10.1. The smallest absolute Gasteiger partial charge is 0.149 e. The zero-order valence-electron chi connectivity index (χ0n) is 15.5. The van der Waals surface area contributed by atoms with Crippen molar-refractivity contribution in [2.45, 2.75) is 24.1 Å². The summed E-state index contributed by atoms with van der Waals surface area (Å²) >= 11 is 7.68. The highest BCUT2D eigenvalue weighted by Gasteiger charge is 2.20. The van der Waals surface area contributed by atoms with Gasteiger partial charge >= 0.3 is 0 Å². The van der Waals surface area contributed by atoms with E-state index in [0.717, 1.165) is 32.9 Å². The molecule has 4 rings (SSSR count). The number of ketones is 1. The Labute approximate surface area is 172 Å². The molecule has 0 bridgehead atoms. The number of carbonyl (C=O) groups excluding carboxylic acids is 1. The number of thioether (sulfide) groups is 1. The molecule has 1 atom stereocenters. The molecule has 0 radical (unpaired) electrons. The van der Waals surface area contributed by atoms with E-state index < -0.39 is 0 Å². The van der Waals surface area contributed by atoms with Gasteiger partial charge < -0.3 is 4.57 Å². The molecule has 0 amide bonds. The van der Waals surface area contributed by atoms with Gasteiger partial charge in [-0.2, -0.15) is 0 Å². The lowest BCUT2D eigenvalue weighted by atomic mass is 10.1. The monoisotopic (exact) mass is 407 g/mol. The Balaban J connectivity index is 1.99. The minimum atomic E-state index is -0.184. The van der Waals surface area contributed by atoms with Gasteiger partial charge in [-0.15, -0.1) is 0 Å². The number of benzene rings is 2. The van der Waals surface area contributed by atoms with Crippen molar-refractivity contribution < 1.29 is 4.79 Å². The van der Waals surface area contributed by atoms with Crippen LogP contribution in [-0.4, -0.2) is 25.6 Å². The maximum Gasteiger partial charge on any atom is 0.149 e. The van der Waals surface area contributed by atoms with Crippen LogP contribution in [0.1, 0.15) is 13.8 Å². The highest BCUT2D eigenvalue weighted by Crippen LogP contribution is 2.38. The van der Waals surface area contributed by atoms with Crippen LogP contribution in [0.15, 0.2) is 72.1 Å². The van der Waals surface area contributed by atoms with Crippen molar-refractivity contribution in [2.75, 3.05) is 0 Å². The Kier molecular flexibility index (Phi) is 5.20. The Hall–Kier alpha value is -2.63. The second-order valence-corrected chi connectivity index (χ2v) is 8.27. The first-order valence-electron chi connectivity index (χ1n) is 8.89. The third-order valence-corrected chi connectivity index (χ3v) is 6.03. The van der Waals surface area contributed by atoms with Crippen molar-refractivity contribution in [1.29, 1.82) is 0 Å². The summed E-state index contributed by atoms with van der Waals surface area (Å²) < 4.78 is 2.02. The summed E-state index contributed by atoms with van der Waals surface area (Å²) in [5, 5.41) is 2.21. The van der Waals surface area contributed by atoms with Crippen LogP contribution in [0.3, 0.4) is 0 Å². The van der Waals surface area contributed by atoms with Gasteiger partial charge in [0.2, 0.25) is 0 Å². The van der Waals surface area contributed by atoms with E-state index >= 15 is 0 Å². The fourth-order valence-electron chi connectivity index (χ4n) is 3.03. The number of aromatic nitrogens is 3. The molecule has 0 spiro atoms. The van der Waals surface area contributed by atoms with Crippen molar-refractivity contribution in [1.82, 2.24) is 14.5 Å². The summed E-state index contributed by atoms with van der Waals surface area (Å²) in [6.45, 7) is 3.50. The summed E-state index contributed by atoms with van der Waals surface area (Å²) in [4.78, 5) is 20.9. The number of rotatable bonds is 5. The lowest BCUT2D eigenvalue weighted by molar-refractivity contribution is -0.116. The van der Waals surface area contributed by atoms with Crippen molar-refractivity contribution in [3.8, 4) is 16.8 Å². The molecule has 1 unspecified atom stereocenters. The average Bonchev–Trinajstić information content (AvgIpc) is 3.09. The van der Waals surface area contributed by atoms with Crippen LogP contribution in [-0.2, 0) is 4.79 Å². The van der Waals surface area contributed by atoms with Crippen LogP contribution < -0.4 is 0 Å². The van der Waals surface area contributed by atoms with Gasteiger partial charge in [-0.25, -0.2) is 9.97 Å². The molecular weight excluding hydrogens is 390 g/mol. The summed E-state index contributed by atoms with van der Waals surface area (Å²) in [6, 6.07) is 17.8. The van der Waals surface area contributed by atoms with E-state index in [2.05, 4.69) is 28.3 Å². The second kappa shape index (κ2) is 7.78. The molecule has 4 aromatic rings. The normalized spacial score (nSPS) is 12.2. The molecule has 6 heteroatoms. The molecule has 4 nitrogen and oxygen atoms in total. The molecule has 140 valence electrons. The number of halogens is 1. The van der Waals surface area contributed by atoms with E-state index in [1.807, 2.05) is 54.0 Å². The third kappa shape index (κ3) is 3.55. The first-order chi connectivity index (χ1) is 13.5. The molecule has 0 N–H and O–H groups in total. The number of carbonyl (C=O) groups is 1. The SMILES string of the molecule is CC(=O)C(C)Sc1ncnc2c1c(-c1ccccc1)cn2-c1cccc(Cl)c1. The molecule has 0 fully saturated rings. The maximum absolute atomic E-state index is 11.8. The fourth-order valence-corrected chi connectivity index (χ4v) is 4.15. The van der Waals surface area contributed by atoms with E-state index in [9.17, 15) is 4.79 Å². The predicted molar refractivity (Wildman–Crippen MR) is 115 cm³/mol. The molecular formula is C22H18ClN3OS. The van der Waals surface area contributed by atoms with Crippen molar-refractivity contribution in [3.63, 3.8) is 0 Å². The zero-order valence-corrected chi connectivity index (χ0v) is 17.0. The minimum absolute atomic E-state index is 0.118. The van der Waals surface area contributed by atoms with Gasteiger partial charge in [0.05, 0.1) is 10.6 Å². The van der Waals surface area contributed by atoms with Gasteiger partial charge in [0.1, 0.15) is 22.8 Å². The van der Waals surface area contributed by atoms with Crippen molar-refractivity contribution >= 4 is 40.2 Å². The van der Waals surface area contributed by atoms with Gasteiger partial charge in [-0.05, 0) is 37.6 Å². The Bertz CT molecular complexity index is 1160. The Morgan fingerprint density at radius 3 is 2.61 bits per heavy atom. The van der Waals surface area contributed by atoms with E-state index in [1.165, 1.54) is 11.8 Å². The molecule has 28 heavy (non-hydrogen) atoms. The van der Waals surface area contributed by atoms with E-state index in [-0.39, 0.29) is 11.0 Å². The highest BCUT2D eigenvalue weighted by molar-refractivity contribution is 8.00. The number of fused-ring (bicyclic) bond motifs is 1.